The molecule has 0 spiro atoms. The van der Waals surface area contributed by atoms with Crippen molar-refractivity contribution >= 4 is 5.97 Å². The summed E-state index contributed by atoms with van der Waals surface area (Å²) in [4.78, 5) is 11.3. The fourth-order valence-electron chi connectivity index (χ4n) is 2.11. The van der Waals surface area contributed by atoms with Crippen LogP contribution in [0, 0.1) is 0 Å². The van der Waals surface area contributed by atoms with Crippen LogP contribution in [0.5, 0.6) is 0 Å². The van der Waals surface area contributed by atoms with Crippen LogP contribution in [0.25, 0.3) is 0 Å². The Morgan fingerprint density at radius 2 is 1.62 bits per heavy atom. The van der Waals surface area contributed by atoms with Crippen molar-refractivity contribution in [3.63, 3.8) is 0 Å². The van der Waals surface area contributed by atoms with Gasteiger partial charge >= 0.3 is 5.97 Å². The van der Waals surface area contributed by atoms with Crippen molar-refractivity contribution < 1.29 is 14.6 Å². The van der Waals surface area contributed by atoms with E-state index in [2.05, 4.69) is 6.92 Å². The highest BCUT2D eigenvalue weighted by Crippen LogP contribution is 2.11. The number of aliphatic carboxylic acids is 1. The smallest absolute Gasteiger partial charge is 0.333 e. The van der Waals surface area contributed by atoms with E-state index < -0.39 is 12.1 Å². The van der Waals surface area contributed by atoms with E-state index in [9.17, 15) is 9.90 Å². The SMILES string of the molecule is CCc1ccc(C[C@@H](OCc2ccccc2)C(=O)O)cc1. The Hall–Kier alpha value is -2.13. The molecule has 2 aromatic carbocycles. The van der Waals surface area contributed by atoms with Crippen LogP contribution in [0.15, 0.2) is 54.6 Å². The highest BCUT2D eigenvalue weighted by atomic mass is 16.5. The lowest BCUT2D eigenvalue weighted by Gasteiger charge is -2.14. The number of hydrogen-bond donors (Lipinski definition) is 1. The zero-order valence-corrected chi connectivity index (χ0v) is 12.2. The van der Waals surface area contributed by atoms with Gasteiger partial charge in [-0.25, -0.2) is 4.79 Å². The minimum absolute atomic E-state index is 0.310. The number of carboxylic acid groups (broad SMARTS) is 1. The van der Waals surface area contributed by atoms with Crippen molar-refractivity contribution in [1.82, 2.24) is 0 Å². The normalized spacial score (nSPS) is 12.0. The van der Waals surface area contributed by atoms with Crippen LogP contribution in [0.4, 0.5) is 0 Å². The van der Waals surface area contributed by atoms with Crippen LogP contribution in [-0.4, -0.2) is 17.2 Å². The van der Waals surface area contributed by atoms with E-state index in [0.717, 1.165) is 17.5 Å². The molecule has 0 aliphatic rings. The zero-order valence-electron chi connectivity index (χ0n) is 12.2. The van der Waals surface area contributed by atoms with Gasteiger partial charge in [-0.2, -0.15) is 0 Å². The van der Waals surface area contributed by atoms with E-state index in [1.165, 1.54) is 5.56 Å². The molecular weight excluding hydrogens is 264 g/mol. The predicted molar refractivity (Wildman–Crippen MR) is 82.2 cm³/mol. The van der Waals surface area contributed by atoms with E-state index in [0.29, 0.717) is 13.0 Å². The molecule has 0 saturated carbocycles. The van der Waals surface area contributed by atoms with E-state index in [1.807, 2.05) is 54.6 Å². The Bertz CT molecular complexity index is 561. The molecule has 2 aromatic rings. The second-order valence-corrected chi connectivity index (χ2v) is 5.00. The largest absolute Gasteiger partial charge is 0.479 e. The minimum Gasteiger partial charge on any atom is -0.479 e. The maximum absolute atomic E-state index is 11.3. The van der Waals surface area contributed by atoms with Crippen LogP contribution >= 0.6 is 0 Å². The Balaban J connectivity index is 1.96. The third-order valence-electron chi connectivity index (χ3n) is 3.42. The highest BCUT2D eigenvalue weighted by molar-refractivity contribution is 5.72. The lowest BCUT2D eigenvalue weighted by molar-refractivity contribution is -0.151. The number of benzene rings is 2. The van der Waals surface area contributed by atoms with Crippen LogP contribution in [0.2, 0.25) is 0 Å². The maximum Gasteiger partial charge on any atom is 0.333 e. The molecule has 0 unspecified atom stereocenters. The lowest BCUT2D eigenvalue weighted by Crippen LogP contribution is -2.26. The molecule has 110 valence electrons. The first-order valence-electron chi connectivity index (χ1n) is 7.15. The monoisotopic (exact) mass is 284 g/mol. The molecule has 0 aliphatic carbocycles. The van der Waals surface area contributed by atoms with E-state index >= 15 is 0 Å². The predicted octanol–water partition coefficient (Wildman–Crippen LogP) is 3.46. The molecule has 0 amide bonds. The fraction of sp³-hybridized carbons (Fsp3) is 0.278. The van der Waals surface area contributed by atoms with Gasteiger partial charge in [0, 0.05) is 6.42 Å². The summed E-state index contributed by atoms with van der Waals surface area (Å²) in [5.41, 5.74) is 3.20. The quantitative estimate of drug-likeness (QED) is 0.847. The lowest BCUT2D eigenvalue weighted by atomic mass is 10.0. The van der Waals surface area contributed by atoms with Crippen LogP contribution in [0.1, 0.15) is 23.6 Å². The molecule has 3 heteroatoms. The van der Waals surface area contributed by atoms with Gasteiger partial charge in [0.2, 0.25) is 0 Å². The maximum atomic E-state index is 11.3. The number of hydrogen-bond acceptors (Lipinski definition) is 2. The van der Waals surface area contributed by atoms with Gasteiger partial charge in [0.15, 0.2) is 6.10 Å². The van der Waals surface area contributed by atoms with Crippen molar-refractivity contribution in [3.05, 3.63) is 71.3 Å². The summed E-state index contributed by atoms with van der Waals surface area (Å²) in [6, 6.07) is 17.6. The molecular formula is C18H20O3. The molecule has 0 aromatic heterocycles. The van der Waals surface area contributed by atoms with Gasteiger partial charge in [0.25, 0.3) is 0 Å². The first-order valence-corrected chi connectivity index (χ1v) is 7.15. The van der Waals surface area contributed by atoms with Crippen LogP contribution in [-0.2, 0) is 29.0 Å². The first kappa shape index (κ1) is 15.3. The summed E-state index contributed by atoms with van der Waals surface area (Å²) in [7, 11) is 0. The first-order chi connectivity index (χ1) is 10.2. The molecule has 0 heterocycles. The number of rotatable bonds is 7. The van der Waals surface area contributed by atoms with Gasteiger partial charge in [-0.15, -0.1) is 0 Å². The van der Waals surface area contributed by atoms with Gasteiger partial charge in [-0.05, 0) is 23.1 Å². The number of aryl methyl sites for hydroxylation is 1. The molecule has 21 heavy (non-hydrogen) atoms. The van der Waals surface area contributed by atoms with Crippen LogP contribution < -0.4 is 0 Å². The summed E-state index contributed by atoms with van der Waals surface area (Å²) >= 11 is 0. The van der Waals surface area contributed by atoms with Gasteiger partial charge in [0.1, 0.15) is 0 Å². The summed E-state index contributed by atoms with van der Waals surface area (Å²) < 4.78 is 5.55. The van der Waals surface area contributed by atoms with Crippen molar-refractivity contribution in [2.45, 2.75) is 32.5 Å². The molecule has 0 bridgehead atoms. The third kappa shape index (κ3) is 4.72. The molecule has 1 atom stereocenters. The topological polar surface area (TPSA) is 46.5 Å². The fourth-order valence-corrected chi connectivity index (χ4v) is 2.11. The van der Waals surface area contributed by atoms with Gasteiger partial charge in [-0.3, -0.25) is 0 Å². The Morgan fingerprint density at radius 3 is 2.19 bits per heavy atom. The Morgan fingerprint density at radius 1 is 1.00 bits per heavy atom. The van der Waals surface area contributed by atoms with Gasteiger partial charge in [-0.1, -0.05) is 61.5 Å². The Labute approximate surface area is 125 Å². The summed E-state index contributed by atoms with van der Waals surface area (Å²) in [5.74, 6) is -0.925. The Kier molecular flexibility index (Phi) is 5.52. The second kappa shape index (κ2) is 7.60. The average Bonchev–Trinajstić information content (AvgIpc) is 2.52. The molecule has 2 rings (SSSR count). The zero-order chi connectivity index (χ0) is 15.1. The van der Waals surface area contributed by atoms with Crippen LogP contribution in [0.3, 0.4) is 0 Å². The van der Waals surface area contributed by atoms with Crippen molar-refractivity contribution in [1.29, 1.82) is 0 Å². The van der Waals surface area contributed by atoms with E-state index in [-0.39, 0.29) is 0 Å². The molecule has 0 radical (unpaired) electrons. The molecule has 0 fully saturated rings. The van der Waals surface area contributed by atoms with Crippen molar-refractivity contribution in [3.8, 4) is 0 Å². The number of carboxylic acids is 1. The number of ether oxygens (including phenoxy) is 1. The van der Waals surface area contributed by atoms with Crippen molar-refractivity contribution in [2.75, 3.05) is 0 Å². The van der Waals surface area contributed by atoms with Gasteiger partial charge in [0.05, 0.1) is 6.61 Å². The summed E-state index contributed by atoms with van der Waals surface area (Å²) in [6.07, 6.45) is 0.539. The van der Waals surface area contributed by atoms with E-state index in [4.69, 9.17) is 4.74 Å². The van der Waals surface area contributed by atoms with Crippen molar-refractivity contribution in [2.24, 2.45) is 0 Å². The third-order valence-corrected chi connectivity index (χ3v) is 3.42. The summed E-state index contributed by atoms with van der Waals surface area (Å²) in [5, 5.41) is 9.29. The molecule has 0 aliphatic heterocycles. The second-order valence-electron chi connectivity index (χ2n) is 5.00. The summed E-state index contributed by atoms with van der Waals surface area (Å²) in [6.45, 7) is 2.41. The minimum atomic E-state index is -0.925. The van der Waals surface area contributed by atoms with Gasteiger partial charge < -0.3 is 9.84 Å². The average molecular weight is 284 g/mol. The molecule has 0 saturated heterocycles. The number of carbonyl (C=O) groups is 1. The standard InChI is InChI=1S/C18H20O3/c1-2-14-8-10-15(11-9-14)12-17(18(19)20)21-13-16-6-4-3-5-7-16/h3-11,17H,2,12-13H2,1H3,(H,19,20)/t17-/m1/s1. The molecule has 3 nitrogen and oxygen atoms in total. The molecule has 1 N–H and O–H groups in total. The highest BCUT2D eigenvalue weighted by Gasteiger charge is 2.18. The van der Waals surface area contributed by atoms with E-state index in [1.54, 1.807) is 0 Å².